The molecule has 0 aliphatic carbocycles. The Labute approximate surface area is 163 Å². The Morgan fingerprint density at radius 2 is 2.14 bits per heavy atom. The van der Waals surface area contributed by atoms with Crippen LogP contribution in [-0.2, 0) is 0 Å². The number of amides is 1. The van der Waals surface area contributed by atoms with E-state index in [0.29, 0.717) is 27.9 Å². The van der Waals surface area contributed by atoms with Gasteiger partial charge in [-0.25, -0.2) is 9.37 Å². The van der Waals surface area contributed by atoms with Crippen LogP contribution in [0.3, 0.4) is 0 Å². The van der Waals surface area contributed by atoms with E-state index in [1.54, 1.807) is 24.4 Å². The summed E-state index contributed by atoms with van der Waals surface area (Å²) in [5.41, 5.74) is 8.31. The van der Waals surface area contributed by atoms with Crippen LogP contribution in [0.2, 0.25) is 0 Å². The fourth-order valence-corrected chi connectivity index (χ4v) is 3.92. The number of halogens is 1. The van der Waals surface area contributed by atoms with Gasteiger partial charge in [0, 0.05) is 35.3 Å². The lowest BCUT2D eigenvalue weighted by atomic mass is 9.94. The molecule has 1 atom stereocenters. The first-order valence-electron chi connectivity index (χ1n) is 9.36. The number of hydrogen-bond acceptors (Lipinski definition) is 4. The van der Waals surface area contributed by atoms with Crippen molar-refractivity contribution < 1.29 is 9.18 Å². The number of aryl methyl sites for hydroxylation is 1. The van der Waals surface area contributed by atoms with Gasteiger partial charge in [0.05, 0.1) is 0 Å². The van der Waals surface area contributed by atoms with Gasteiger partial charge in [0.1, 0.15) is 11.6 Å². The van der Waals surface area contributed by atoms with Crippen molar-refractivity contribution >= 4 is 22.5 Å². The molecule has 6 heteroatoms. The Bertz CT molecular complexity index is 1050. The normalized spacial score (nSPS) is 17.2. The number of carbonyl (C=O) groups is 1. The number of nitrogens with zero attached hydrogens (tertiary/aromatic N) is 2. The molecule has 1 aliphatic heterocycles. The first-order valence-corrected chi connectivity index (χ1v) is 9.36. The highest BCUT2D eigenvalue weighted by Gasteiger charge is 2.23. The number of likely N-dealkylation sites (tertiary alicyclic amines) is 1. The molecule has 1 aliphatic rings. The van der Waals surface area contributed by atoms with E-state index in [9.17, 15) is 9.18 Å². The molecule has 4 rings (SSSR count). The maximum absolute atomic E-state index is 14.6. The molecule has 0 saturated carbocycles. The molecule has 0 radical (unpaired) electrons. The monoisotopic (exact) mass is 378 g/mol. The van der Waals surface area contributed by atoms with E-state index in [2.05, 4.69) is 15.2 Å². The van der Waals surface area contributed by atoms with E-state index in [-0.39, 0.29) is 17.8 Å². The summed E-state index contributed by atoms with van der Waals surface area (Å²) in [6, 6.07) is 10.4. The van der Waals surface area contributed by atoms with Gasteiger partial charge in [-0.2, -0.15) is 0 Å². The molecular weight excluding hydrogens is 355 g/mol. The molecule has 2 heterocycles. The number of nitrogens with two attached hydrogens (primary N) is 1. The van der Waals surface area contributed by atoms with Gasteiger partial charge in [-0.1, -0.05) is 12.1 Å². The molecule has 0 spiro atoms. The molecular formula is C22H23FN4O. The van der Waals surface area contributed by atoms with Crippen molar-refractivity contribution in [2.45, 2.75) is 19.4 Å². The number of nitrogen functional groups attached to an aromatic ring is 1. The van der Waals surface area contributed by atoms with E-state index in [1.807, 2.05) is 26.1 Å². The maximum Gasteiger partial charge on any atom is 0.252 e. The minimum absolute atomic E-state index is 0.102. The van der Waals surface area contributed by atoms with Crippen LogP contribution in [0.4, 0.5) is 10.2 Å². The number of fused-ring (bicyclic) bond motifs is 1. The highest BCUT2D eigenvalue weighted by atomic mass is 19.1. The number of hydrogen-bond donors (Lipinski definition) is 2. The van der Waals surface area contributed by atoms with Crippen LogP contribution in [0.25, 0.3) is 21.9 Å². The highest BCUT2D eigenvalue weighted by molar-refractivity contribution is 6.09. The second-order valence-corrected chi connectivity index (χ2v) is 7.51. The summed E-state index contributed by atoms with van der Waals surface area (Å²) in [6.45, 7) is 3.63. The first kappa shape index (κ1) is 18.4. The molecule has 5 nitrogen and oxygen atoms in total. The number of carbonyl (C=O) groups excluding carboxylic acids is 1. The lowest BCUT2D eigenvalue weighted by molar-refractivity contribution is 0.0940. The maximum atomic E-state index is 14.6. The molecule has 3 aromatic rings. The topological polar surface area (TPSA) is 71.2 Å². The molecule has 0 bridgehead atoms. The summed E-state index contributed by atoms with van der Waals surface area (Å²) < 4.78 is 14.6. The van der Waals surface area contributed by atoms with Crippen LogP contribution >= 0.6 is 0 Å². The quantitative estimate of drug-likeness (QED) is 0.733. The number of anilines is 1. The number of aromatic nitrogens is 1. The molecule has 0 unspecified atom stereocenters. The van der Waals surface area contributed by atoms with Gasteiger partial charge < -0.3 is 16.0 Å². The number of pyridine rings is 1. The molecule has 2 aromatic carbocycles. The van der Waals surface area contributed by atoms with Crippen molar-refractivity contribution in [3.8, 4) is 11.1 Å². The predicted octanol–water partition coefficient (Wildman–Crippen LogP) is 3.37. The summed E-state index contributed by atoms with van der Waals surface area (Å²) in [7, 11) is 2.04. The standard InChI is InChI=1S/C22H23FN4O/c1-13-4-3-5-19(23)21(13)14-8-15-11-25-20(24)10-17(15)18(9-14)22(28)26-16-6-7-27(2)12-16/h3-5,8-11,16H,6-7,12H2,1-2H3,(H2,24,25)(H,26,28)/t16-/m0/s1. The second kappa shape index (κ2) is 7.20. The van der Waals surface area contributed by atoms with Crippen LogP contribution in [0.5, 0.6) is 0 Å². The average molecular weight is 378 g/mol. The summed E-state index contributed by atoms with van der Waals surface area (Å²) in [4.78, 5) is 19.4. The van der Waals surface area contributed by atoms with Crippen molar-refractivity contribution in [1.29, 1.82) is 0 Å². The minimum atomic E-state index is -0.313. The third-order valence-electron chi connectivity index (χ3n) is 5.34. The van der Waals surface area contributed by atoms with Crippen LogP contribution in [0.1, 0.15) is 22.3 Å². The smallest absolute Gasteiger partial charge is 0.252 e. The van der Waals surface area contributed by atoms with Crippen molar-refractivity contribution in [2.24, 2.45) is 0 Å². The van der Waals surface area contributed by atoms with Gasteiger partial charge in [-0.15, -0.1) is 0 Å². The third kappa shape index (κ3) is 3.43. The van der Waals surface area contributed by atoms with E-state index >= 15 is 0 Å². The van der Waals surface area contributed by atoms with Crippen molar-refractivity contribution in [1.82, 2.24) is 15.2 Å². The summed E-state index contributed by atoms with van der Waals surface area (Å²) in [5, 5.41) is 4.58. The molecule has 3 N–H and O–H groups in total. The fourth-order valence-electron chi connectivity index (χ4n) is 3.92. The lowest BCUT2D eigenvalue weighted by Gasteiger charge is -2.16. The number of nitrogens with one attached hydrogen (secondary N) is 1. The van der Waals surface area contributed by atoms with E-state index < -0.39 is 0 Å². The zero-order chi connectivity index (χ0) is 19.8. The van der Waals surface area contributed by atoms with Gasteiger partial charge in [-0.05, 0) is 67.7 Å². The van der Waals surface area contributed by atoms with Crippen molar-refractivity contribution in [3.05, 3.63) is 59.5 Å². The summed E-state index contributed by atoms with van der Waals surface area (Å²) in [6.07, 6.45) is 2.54. The Kier molecular flexibility index (Phi) is 4.73. The minimum Gasteiger partial charge on any atom is -0.384 e. The lowest BCUT2D eigenvalue weighted by Crippen LogP contribution is -2.36. The van der Waals surface area contributed by atoms with Crippen molar-refractivity contribution in [2.75, 3.05) is 25.9 Å². The van der Waals surface area contributed by atoms with E-state index in [0.717, 1.165) is 30.5 Å². The Hall–Kier alpha value is -2.99. The van der Waals surface area contributed by atoms with Crippen LogP contribution in [-0.4, -0.2) is 42.0 Å². The summed E-state index contributed by atoms with van der Waals surface area (Å²) >= 11 is 0. The van der Waals surface area contributed by atoms with Crippen LogP contribution < -0.4 is 11.1 Å². The molecule has 28 heavy (non-hydrogen) atoms. The van der Waals surface area contributed by atoms with Gasteiger partial charge in [0.2, 0.25) is 0 Å². The Balaban J connectivity index is 1.83. The van der Waals surface area contributed by atoms with Gasteiger partial charge in [0.25, 0.3) is 5.91 Å². The van der Waals surface area contributed by atoms with Gasteiger partial charge in [0.15, 0.2) is 0 Å². The van der Waals surface area contributed by atoms with E-state index in [1.165, 1.54) is 6.07 Å². The number of benzene rings is 2. The Morgan fingerprint density at radius 1 is 1.32 bits per heavy atom. The van der Waals surface area contributed by atoms with Crippen LogP contribution in [0, 0.1) is 12.7 Å². The molecule has 144 valence electrons. The third-order valence-corrected chi connectivity index (χ3v) is 5.34. The largest absolute Gasteiger partial charge is 0.384 e. The zero-order valence-electron chi connectivity index (χ0n) is 16.0. The number of rotatable bonds is 3. The predicted molar refractivity (Wildman–Crippen MR) is 110 cm³/mol. The summed E-state index contributed by atoms with van der Waals surface area (Å²) in [5.74, 6) is -0.143. The second-order valence-electron chi connectivity index (χ2n) is 7.51. The SMILES string of the molecule is Cc1cccc(F)c1-c1cc(C(=O)N[C@H]2CCN(C)C2)c2cc(N)ncc2c1. The van der Waals surface area contributed by atoms with Gasteiger partial charge in [-0.3, -0.25) is 4.79 Å². The van der Waals surface area contributed by atoms with Gasteiger partial charge >= 0.3 is 0 Å². The molecule has 1 fully saturated rings. The fraction of sp³-hybridized carbons (Fsp3) is 0.273. The number of likely N-dealkylation sites (N-methyl/N-ethyl adjacent to an activating group) is 1. The average Bonchev–Trinajstić information content (AvgIpc) is 3.05. The molecule has 1 saturated heterocycles. The first-order chi connectivity index (χ1) is 13.4. The van der Waals surface area contributed by atoms with E-state index in [4.69, 9.17) is 5.73 Å². The molecule has 1 aromatic heterocycles. The molecule has 1 amide bonds. The van der Waals surface area contributed by atoms with Crippen LogP contribution in [0.15, 0.2) is 42.6 Å². The van der Waals surface area contributed by atoms with Crippen molar-refractivity contribution in [3.63, 3.8) is 0 Å². The zero-order valence-corrected chi connectivity index (χ0v) is 16.0. The highest BCUT2D eigenvalue weighted by Crippen LogP contribution is 2.32. The Morgan fingerprint density at radius 3 is 2.86 bits per heavy atom.